The zero-order chi connectivity index (χ0) is 19.6. The maximum absolute atomic E-state index is 12.4. The standard InChI is InChI=1S/C18H25N3O5S/c1-3-27(24,25)21-10-6-7-14(21)11-19-17(22)12-20-15-8-4-5-9-16(15)26-13(2)18(20)23/h4-5,8-9,13-14H,3,6-7,10-12H2,1-2H3,(H,19,22). The second-order valence-corrected chi connectivity index (χ2v) is 8.97. The average Bonchev–Trinajstić information content (AvgIpc) is 3.13. The van der Waals surface area contributed by atoms with Crippen LogP contribution in [0.4, 0.5) is 5.69 Å². The van der Waals surface area contributed by atoms with Crippen LogP contribution in [-0.4, -0.2) is 62.1 Å². The first-order valence-electron chi connectivity index (χ1n) is 9.16. The monoisotopic (exact) mass is 395 g/mol. The van der Waals surface area contributed by atoms with Crippen molar-refractivity contribution < 1.29 is 22.7 Å². The van der Waals surface area contributed by atoms with Gasteiger partial charge in [0.1, 0.15) is 12.3 Å². The second-order valence-electron chi connectivity index (χ2n) is 6.76. The van der Waals surface area contributed by atoms with Crippen LogP contribution < -0.4 is 15.0 Å². The van der Waals surface area contributed by atoms with E-state index in [4.69, 9.17) is 4.74 Å². The van der Waals surface area contributed by atoms with Gasteiger partial charge in [-0.3, -0.25) is 14.5 Å². The number of hydrogen-bond acceptors (Lipinski definition) is 5. The number of sulfonamides is 1. The number of ether oxygens (including phenoxy) is 1. The lowest BCUT2D eigenvalue weighted by molar-refractivity contribution is -0.128. The third-order valence-corrected chi connectivity index (χ3v) is 6.88. The van der Waals surface area contributed by atoms with E-state index in [1.54, 1.807) is 32.0 Å². The molecule has 1 saturated heterocycles. The zero-order valence-corrected chi connectivity index (χ0v) is 16.4. The molecule has 9 heteroatoms. The molecule has 2 unspecified atom stereocenters. The molecule has 0 aromatic heterocycles. The smallest absolute Gasteiger partial charge is 0.268 e. The number of benzene rings is 1. The third-order valence-electron chi connectivity index (χ3n) is 4.96. The summed E-state index contributed by atoms with van der Waals surface area (Å²) < 4.78 is 31.3. The van der Waals surface area contributed by atoms with Gasteiger partial charge in [-0.25, -0.2) is 8.42 Å². The van der Waals surface area contributed by atoms with Crippen LogP contribution in [0.3, 0.4) is 0 Å². The number of carbonyl (C=O) groups is 2. The number of carbonyl (C=O) groups excluding carboxylic acids is 2. The topological polar surface area (TPSA) is 96.0 Å². The van der Waals surface area contributed by atoms with Gasteiger partial charge in [-0.1, -0.05) is 12.1 Å². The normalized spacial score (nSPS) is 23.0. The molecular formula is C18H25N3O5S. The Balaban J connectivity index is 1.64. The summed E-state index contributed by atoms with van der Waals surface area (Å²) in [6.07, 6.45) is 0.843. The number of anilines is 1. The van der Waals surface area contributed by atoms with Gasteiger partial charge in [0, 0.05) is 19.1 Å². The van der Waals surface area contributed by atoms with Gasteiger partial charge < -0.3 is 10.1 Å². The van der Waals surface area contributed by atoms with Crippen LogP contribution in [0.1, 0.15) is 26.7 Å². The lowest BCUT2D eigenvalue weighted by Crippen LogP contribution is -2.50. The molecule has 148 valence electrons. The fraction of sp³-hybridized carbons (Fsp3) is 0.556. The quantitative estimate of drug-likeness (QED) is 0.766. The first kappa shape index (κ1) is 19.6. The Morgan fingerprint density at radius 3 is 2.81 bits per heavy atom. The van der Waals surface area contributed by atoms with Gasteiger partial charge in [0.05, 0.1) is 11.4 Å². The van der Waals surface area contributed by atoms with E-state index < -0.39 is 16.1 Å². The maximum atomic E-state index is 12.4. The van der Waals surface area contributed by atoms with Crippen molar-refractivity contribution in [3.63, 3.8) is 0 Å². The molecule has 8 nitrogen and oxygen atoms in total. The number of rotatable bonds is 6. The second kappa shape index (κ2) is 7.85. The summed E-state index contributed by atoms with van der Waals surface area (Å²) in [4.78, 5) is 26.3. The highest BCUT2D eigenvalue weighted by Gasteiger charge is 2.35. The van der Waals surface area contributed by atoms with Gasteiger partial charge in [0.25, 0.3) is 5.91 Å². The van der Waals surface area contributed by atoms with Crippen molar-refractivity contribution in [3.8, 4) is 5.75 Å². The van der Waals surface area contributed by atoms with Gasteiger partial charge in [-0.05, 0) is 38.8 Å². The van der Waals surface area contributed by atoms with Crippen LogP contribution in [0.25, 0.3) is 0 Å². The van der Waals surface area contributed by atoms with Gasteiger partial charge >= 0.3 is 0 Å². The summed E-state index contributed by atoms with van der Waals surface area (Å²) in [5.41, 5.74) is 0.562. The van der Waals surface area contributed by atoms with Gasteiger partial charge in [-0.15, -0.1) is 0 Å². The highest BCUT2D eigenvalue weighted by Crippen LogP contribution is 2.33. The zero-order valence-electron chi connectivity index (χ0n) is 15.6. The number of nitrogens with zero attached hydrogens (tertiary/aromatic N) is 2. The van der Waals surface area contributed by atoms with Crippen LogP contribution in [0, 0.1) is 0 Å². The van der Waals surface area contributed by atoms with E-state index in [1.807, 2.05) is 6.07 Å². The van der Waals surface area contributed by atoms with Crippen LogP contribution in [-0.2, 0) is 19.6 Å². The summed E-state index contributed by atoms with van der Waals surface area (Å²) in [6, 6.07) is 6.85. The number of nitrogens with one attached hydrogen (secondary N) is 1. The van der Waals surface area contributed by atoms with Crippen molar-refractivity contribution in [3.05, 3.63) is 24.3 Å². The molecule has 0 spiro atoms. The molecule has 2 aliphatic heterocycles. The largest absolute Gasteiger partial charge is 0.479 e. The Hall–Kier alpha value is -2.13. The molecule has 0 radical (unpaired) electrons. The Bertz CT molecular complexity index is 826. The highest BCUT2D eigenvalue weighted by atomic mass is 32.2. The Labute approximate surface area is 159 Å². The number of amides is 2. The number of hydrogen-bond donors (Lipinski definition) is 1. The van der Waals surface area contributed by atoms with Crippen molar-refractivity contribution >= 4 is 27.5 Å². The van der Waals surface area contributed by atoms with Crippen LogP contribution in [0.15, 0.2) is 24.3 Å². The maximum Gasteiger partial charge on any atom is 0.268 e. The van der Waals surface area contributed by atoms with E-state index in [2.05, 4.69) is 5.32 Å². The lowest BCUT2D eigenvalue weighted by atomic mass is 10.2. The van der Waals surface area contributed by atoms with Crippen LogP contribution in [0.2, 0.25) is 0 Å². The molecule has 0 saturated carbocycles. The fourth-order valence-corrected chi connectivity index (χ4v) is 4.87. The van der Waals surface area contributed by atoms with E-state index >= 15 is 0 Å². The number of para-hydroxylation sites is 2. The van der Waals surface area contributed by atoms with Crippen molar-refractivity contribution in [2.75, 3.05) is 30.3 Å². The summed E-state index contributed by atoms with van der Waals surface area (Å²) >= 11 is 0. The molecule has 1 fully saturated rings. The first-order valence-corrected chi connectivity index (χ1v) is 10.8. The molecule has 27 heavy (non-hydrogen) atoms. The predicted molar refractivity (Wildman–Crippen MR) is 101 cm³/mol. The molecule has 1 N–H and O–H groups in total. The molecule has 0 aliphatic carbocycles. The summed E-state index contributed by atoms with van der Waals surface area (Å²) in [5, 5.41) is 2.78. The van der Waals surface area contributed by atoms with Crippen molar-refractivity contribution in [2.45, 2.75) is 38.8 Å². The lowest BCUT2D eigenvalue weighted by Gasteiger charge is -2.32. The van der Waals surface area contributed by atoms with Gasteiger partial charge in [0.15, 0.2) is 6.10 Å². The van der Waals surface area contributed by atoms with E-state index in [-0.39, 0.29) is 36.7 Å². The van der Waals surface area contributed by atoms with Crippen molar-refractivity contribution in [1.29, 1.82) is 0 Å². The third kappa shape index (κ3) is 4.08. The van der Waals surface area contributed by atoms with E-state index in [1.165, 1.54) is 9.21 Å². The molecule has 1 aromatic rings. The molecule has 2 heterocycles. The van der Waals surface area contributed by atoms with E-state index in [9.17, 15) is 18.0 Å². The molecule has 2 amide bonds. The molecule has 3 rings (SSSR count). The average molecular weight is 395 g/mol. The summed E-state index contributed by atoms with van der Waals surface area (Å²) in [6.45, 7) is 3.87. The minimum atomic E-state index is -3.28. The molecule has 1 aromatic carbocycles. The summed E-state index contributed by atoms with van der Waals surface area (Å²) in [7, 11) is -3.28. The molecule has 2 aliphatic rings. The molecule has 0 bridgehead atoms. The van der Waals surface area contributed by atoms with Crippen LogP contribution in [0.5, 0.6) is 5.75 Å². The number of fused-ring (bicyclic) bond motifs is 1. The highest BCUT2D eigenvalue weighted by molar-refractivity contribution is 7.89. The van der Waals surface area contributed by atoms with E-state index in [0.717, 1.165) is 12.8 Å². The Kier molecular flexibility index (Phi) is 5.71. The minimum absolute atomic E-state index is 0.0500. The van der Waals surface area contributed by atoms with Crippen LogP contribution >= 0.6 is 0 Å². The van der Waals surface area contributed by atoms with E-state index in [0.29, 0.717) is 18.0 Å². The molecular weight excluding hydrogens is 370 g/mol. The SMILES string of the molecule is CCS(=O)(=O)N1CCCC1CNC(=O)CN1C(=O)C(C)Oc2ccccc21. The minimum Gasteiger partial charge on any atom is -0.479 e. The fourth-order valence-electron chi connectivity index (χ4n) is 3.50. The predicted octanol–water partition coefficient (Wildman–Crippen LogP) is 0.731. The van der Waals surface area contributed by atoms with Crippen molar-refractivity contribution in [1.82, 2.24) is 9.62 Å². The summed E-state index contributed by atoms with van der Waals surface area (Å²) in [5.74, 6) is 0.00955. The van der Waals surface area contributed by atoms with Crippen molar-refractivity contribution in [2.24, 2.45) is 0 Å². The van der Waals surface area contributed by atoms with Gasteiger partial charge in [0.2, 0.25) is 15.9 Å². The molecule has 2 atom stereocenters. The van der Waals surface area contributed by atoms with Gasteiger partial charge in [-0.2, -0.15) is 4.31 Å². The Morgan fingerprint density at radius 1 is 1.33 bits per heavy atom. The first-order chi connectivity index (χ1) is 12.8. The Morgan fingerprint density at radius 2 is 2.07 bits per heavy atom.